The first-order valence-corrected chi connectivity index (χ1v) is 7.86. The van der Waals surface area contributed by atoms with Gasteiger partial charge in [0.25, 0.3) is 17.5 Å². The van der Waals surface area contributed by atoms with Gasteiger partial charge in [-0.25, -0.2) is 5.43 Å². The fourth-order valence-electron chi connectivity index (χ4n) is 1.87. The van der Waals surface area contributed by atoms with Gasteiger partial charge in [-0.1, -0.05) is 34.1 Å². The second-order valence-corrected chi connectivity index (χ2v) is 5.72. The Morgan fingerprint density at radius 2 is 1.96 bits per heavy atom. The SMILES string of the molecule is O=C(CNC(=O)c1cccc(Br)c1)NN=Cc1ccccc1[N+](=O)[O-]. The molecule has 8 nitrogen and oxygen atoms in total. The van der Waals surface area contributed by atoms with Gasteiger partial charge >= 0.3 is 0 Å². The number of nitrogens with one attached hydrogen (secondary N) is 2. The zero-order valence-corrected chi connectivity index (χ0v) is 14.4. The predicted molar refractivity (Wildman–Crippen MR) is 95.3 cm³/mol. The van der Waals surface area contributed by atoms with Crippen LogP contribution in [0.5, 0.6) is 0 Å². The van der Waals surface area contributed by atoms with Gasteiger partial charge in [0.05, 0.1) is 23.2 Å². The van der Waals surface area contributed by atoms with Gasteiger partial charge in [0.2, 0.25) is 0 Å². The topological polar surface area (TPSA) is 114 Å². The molecule has 25 heavy (non-hydrogen) atoms. The van der Waals surface area contributed by atoms with Crippen molar-refractivity contribution in [1.82, 2.24) is 10.7 Å². The van der Waals surface area contributed by atoms with Crippen LogP contribution < -0.4 is 10.7 Å². The average Bonchev–Trinajstić information content (AvgIpc) is 2.60. The number of hydrogen-bond donors (Lipinski definition) is 2. The van der Waals surface area contributed by atoms with E-state index >= 15 is 0 Å². The molecule has 9 heteroatoms. The molecule has 2 aromatic rings. The van der Waals surface area contributed by atoms with Gasteiger partial charge in [-0.3, -0.25) is 19.7 Å². The monoisotopic (exact) mass is 404 g/mol. The van der Waals surface area contributed by atoms with Crippen LogP contribution in [0.25, 0.3) is 0 Å². The largest absolute Gasteiger partial charge is 0.343 e. The average molecular weight is 405 g/mol. The van der Waals surface area contributed by atoms with Crippen LogP contribution in [0, 0.1) is 10.1 Å². The Kier molecular flexibility index (Phi) is 6.35. The van der Waals surface area contributed by atoms with E-state index < -0.39 is 16.7 Å². The molecule has 2 rings (SSSR count). The minimum atomic E-state index is -0.557. The Bertz CT molecular complexity index is 838. The number of hydrogen-bond acceptors (Lipinski definition) is 5. The maximum Gasteiger partial charge on any atom is 0.278 e. The quantitative estimate of drug-likeness (QED) is 0.436. The molecule has 0 aliphatic heterocycles. The summed E-state index contributed by atoms with van der Waals surface area (Å²) in [5.41, 5.74) is 2.74. The molecule has 0 spiro atoms. The summed E-state index contributed by atoms with van der Waals surface area (Å²) >= 11 is 3.26. The molecule has 0 aliphatic rings. The van der Waals surface area contributed by atoms with Crippen molar-refractivity contribution in [3.63, 3.8) is 0 Å². The summed E-state index contributed by atoms with van der Waals surface area (Å²) in [5.74, 6) is -0.961. The van der Waals surface area contributed by atoms with Crippen LogP contribution in [-0.4, -0.2) is 29.5 Å². The minimum Gasteiger partial charge on any atom is -0.343 e. The van der Waals surface area contributed by atoms with E-state index in [1.165, 1.54) is 24.4 Å². The molecule has 0 saturated carbocycles. The first-order chi connectivity index (χ1) is 12.0. The number of nitrogens with zero attached hydrogens (tertiary/aromatic N) is 2. The number of benzene rings is 2. The van der Waals surface area contributed by atoms with Crippen molar-refractivity contribution < 1.29 is 14.5 Å². The number of halogens is 1. The number of amides is 2. The van der Waals surface area contributed by atoms with E-state index in [0.717, 1.165) is 4.47 Å². The lowest BCUT2D eigenvalue weighted by Gasteiger charge is -2.04. The zero-order valence-electron chi connectivity index (χ0n) is 12.8. The molecule has 0 saturated heterocycles. The van der Waals surface area contributed by atoms with E-state index in [1.807, 2.05) is 0 Å². The highest BCUT2D eigenvalue weighted by molar-refractivity contribution is 9.10. The summed E-state index contributed by atoms with van der Waals surface area (Å²) in [6.45, 7) is -0.278. The first-order valence-electron chi connectivity index (χ1n) is 7.06. The number of nitro benzene ring substituents is 1. The van der Waals surface area contributed by atoms with Crippen molar-refractivity contribution in [2.24, 2.45) is 5.10 Å². The molecule has 0 aromatic heterocycles. The van der Waals surface area contributed by atoms with Crippen LogP contribution in [0.15, 0.2) is 58.1 Å². The highest BCUT2D eigenvalue weighted by Gasteiger charge is 2.10. The van der Waals surface area contributed by atoms with Crippen LogP contribution >= 0.6 is 15.9 Å². The fourth-order valence-corrected chi connectivity index (χ4v) is 2.27. The van der Waals surface area contributed by atoms with Crippen molar-refractivity contribution in [2.45, 2.75) is 0 Å². The summed E-state index contributed by atoms with van der Waals surface area (Å²) in [5, 5.41) is 17.0. The van der Waals surface area contributed by atoms with E-state index in [2.05, 4.69) is 31.8 Å². The third-order valence-corrected chi connectivity index (χ3v) is 3.52. The molecule has 2 amide bonds. The van der Waals surface area contributed by atoms with Crippen LogP contribution in [0.4, 0.5) is 5.69 Å². The normalized spacial score (nSPS) is 10.4. The van der Waals surface area contributed by atoms with Crippen LogP contribution in [-0.2, 0) is 4.79 Å². The summed E-state index contributed by atoms with van der Waals surface area (Å²) in [6.07, 6.45) is 1.17. The highest BCUT2D eigenvalue weighted by atomic mass is 79.9. The van der Waals surface area contributed by atoms with Crippen molar-refractivity contribution in [1.29, 1.82) is 0 Å². The number of rotatable bonds is 6. The lowest BCUT2D eigenvalue weighted by atomic mass is 10.2. The summed E-state index contributed by atoms with van der Waals surface area (Å²) in [6, 6.07) is 12.7. The van der Waals surface area contributed by atoms with E-state index in [4.69, 9.17) is 0 Å². The van der Waals surface area contributed by atoms with Crippen molar-refractivity contribution in [3.8, 4) is 0 Å². The number of hydrazone groups is 1. The Hall–Kier alpha value is -3.07. The fraction of sp³-hybridized carbons (Fsp3) is 0.0625. The Morgan fingerprint density at radius 1 is 1.20 bits per heavy atom. The third kappa shape index (κ3) is 5.50. The summed E-state index contributed by atoms with van der Waals surface area (Å²) < 4.78 is 0.749. The molecule has 0 fully saturated rings. The molecular weight excluding hydrogens is 392 g/mol. The maximum absolute atomic E-state index is 11.9. The van der Waals surface area contributed by atoms with Crippen molar-refractivity contribution in [2.75, 3.05) is 6.54 Å². The van der Waals surface area contributed by atoms with E-state index in [-0.39, 0.29) is 17.8 Å². The Labute approximate surface area is 151 Å². The molecule has 2 N–H and O–H groups in total. The number of nitro groups is 1. The van der Waals surface area contributed by atoms with Gasteiger partial charge in [0, 0.05) is 16.1 Å². The van der Waals surface area contributed by atoms with E-state index in [0.29, 0.717) is 5.56 Å². The molecule has 2 aromatic carbocycles. The van der Waals surface area contributed by atoms with E-state index in [9.17, 15) is 19.7 Å². The highest BCUT2D eigenvalue weighted by Crippen LogP contribution is 2.15. The van der Waals surface area contributed by atoms with Gasteiger partial charge in [-0.2, -0.15) is 5.10 Å². The lowest BCUT2D eigenvalue weighted by molar-refractivity contribution is -0.385. The lowest BCUT2D eigenvalue weighted by Crippen LogP contribution is -2.34. The molecule has 0 bridgehead atoms. The maximum atomic E-state index is 11.9. The zero-order chi connectivity index (χ0) is 18.2. The Balaban J connectivity index is 1.87. The minimum absolute atomic E-state index is 0.122. The van der Waals surface area contributed by atoms with Crippen molar-refractivity contribution >= 4 is 39.6 Å². The summed E-state index contributed by atoms with van der Waals surface area (Å²) in [4.78, 5) is 33.9. The second kappa shape index (κ2) is 8.69. The second-order valence-electron chi connectivity index (χ2n) is 4.80. The standard InChI is InChI=1S/C16H13BrN4O4/c17-13-6-3-5-11(8-13)16(23)18-10-15(22)20-19-9-12-4-1-2-7-14(12)21(24)25/h1-9H,10H2,(H,18,23)(H,20,22). The molecule has 128 valence electrons. The number of carbonyl (C=O) groups is 2. The Morgan fingerprint density at radius 3 is 2.68 bits per heavy atom. The molecule has 0 radical (unpaired) electrons. The van der Waals surface area contributed by atoms with E-state index in [1.54, 1.807) is 30.3 Å². The number of carbonyl (C=O) groups excluding carboxylic acids is 2. The predicted octanol–water partition coefficient (Wildman–Crippen LogP) is 2.24. The molecular formula is C16H13BrN4O4. The van der Waals surface area contributed by atoms with Gasteiger partial charge in [-0.15, -0.1) is 0 Å². The molecule has 0 aliphatic carbocycles. The van der Waals surface area contributed by atoms with Crippen LogP contribution in [0.1, 0.15) is 15.9 Å². The van der Waals surface area contributed by atoms with Crippen LogP contribution in [0.2, 0.25) is 0 Å². The van der Waals surface area contributed by atoms with Gasteiger partial charge in [0.15, 0.2) is 0 Å². The third-order valence-electron chi connectivity index (χ3n) is 3.02. The van der Waals surface area contributed by atoms with Gasteiger partial charge in [0.1, 0.15) is 0 Å². The van der Waals surface area contributed by atoms with Crippen LogP contribution in [0.3, 0.4) is 0 Å². The molecule has 0 unspecified atom stereocenters. The molecule has 0 atom stereocenters. The van der Waals surface area contributed by atoms with Gasteiger partial charge in [-0.05, 0) is 24.3 Å². The summed E-state index contributed by atoms with van der Waals surface area (Å²) in [7, 11) is 0. The van der Waals surface area contributed by atoms with Gasteiger partial charge < -0.3 is 5.32 Å². The van der Waals surface area contributed by atoms with Crippen molar-refractivity contribution in [3.05, 3.63) is 74.2 Å². The smallest absolute Gasteiger partial charge is 0.278 e. The molecule has 0 heterocycles. The number of para-hydroxylation sites is 1. The first kappa shape index (κ1) is 18.3.